The molecule has 4 aromatic rings. The summed E-state index contributed by atoms with van der Waals surface area (Å²) in [6.45, 7) is 11.6. The first-order valence-corrected chi connectivity index (χ1v) is 28.1. The van der Waals surface area contributed by atoms with E-state index in [4.69, 9.17) is 4.18 Å². The summed E-state index contributed by atoms with van der Waals surface area (Å²) in [7, 11) is -4.25. The Kier molecular flexibility index (Phi) is 15.8. The molecule has 67 heavy (non-hydrogen) atoms. The average Bonchev–Trinajstić information content (AvgIpc) is 3.94. The van der Waals surface area contributed by atoms with Crippen LogP contribution in [0.2, 0.25) is 0 Å². The van der Waals surface area contributed by atoms with Crippen LogP contribution in [0, 0.1) is 20.8 Å². The number of hydrogen-bond acceptors (Lipinski definition) is 8. The minimum Gasteiger partial charge on any atom is -0.388 e. The number of nitrogens with one attached hydrogen (secondary N) is 3. The van der Waals surface area contributed by atoms with E-state index in [1.165, 1.54) is 12.8 Å². The number of H-pyrrole nitrogens is 1. The first-order valence-electron chi connectivity index (χ1n) is 25.5. The molecule has 0 aliphatic heterocycles. The lowest BCUT2D eigenvalue weighted by atomic mass is 9.87. The number of rotatable bonds is 16. The van der Waals surface area contributed by atoms with Crippen molar-refractivity contribution in [1.82, 2.24) is 34.3 Å². The average molecular weight is 959 g/mol. The smallest absolute Gasteiger partial charge is 0.289 e. The lowest BCUT2D eigenvalue weighted by molar-refractivity contribution is 0.0435. The Morgan fingerprint density at radius 3 is 1.79 bits per heavy atom. The number of aryl methyl sites for hydroxylation is 1. The summed E-state index contributed by atoms with van der Waals surface area (Å²) in [6, 6.07) is 9.25. The second-order valence-corrected chi connectivity index (χ2v) is 23.0. The van der Waals surface area contributed by atoms with E-state index < -0.39 is 26.7 Å². The van der Waals surface area contributed by atoms with Crippen LogP contribution in [0.15, 0.2) is 30.3 Å². The number of hydrogen-bond donors (Lipinski definition) is 3. The Bertz CT molecular complexity index is 2480. The third-order valence-corrected chi connectivity index (χ3v) is 18.0. The summed E-state index contributed by atoms with van der Waals surface area (Å²) >= 11 is -2.45. The highest BCUT2D eigenvalue weighted by Gasteiger charge is 2.38. The monoisotopic (exact) mass is 959 g/mol. The van der Waals surface area contributed by atoms with Crippen molar-refractivity contribution in [2.24, 2.45) is 0 Å². The number of carbonyl (C=O) groups is 2. The van der Waals surface area contributed by atoms with Crippen LogP contribution < -0.4 is 13.6 Å². The molecule has 2 aromatic heterocycles. The molecule has 3 N–H and O–H groups in total. The molecule has 4 aliphatic carbocycles. The molecule has 8 rings (SSSR count). The van der Waals surface area contributed by atoms with E-state index in [2.05, 4.69) is 48.4 Å². The van der Waals surface area contributed by atoms with E-state index in [1.807, 2.05) is 31.4 Å². The fourth-order valence-electron chi connectivity index (χ4n) is 11.4. The van der Waals surface area contributed by atoms with Gasteiger partial charge in [-0.1, -0.05) is 97.8 Å². The minimum absolute atomic E-state index is 0.0185. The van der Waals surface area contributed by atoms with Crippen molar-refractivity contribution in [1.29, 1.82) is 0 Å². The van der Waals surface area contributed by atoms with Gasteiger partial charge in [-0.3, -0.25) is 19.4 Å². The zero-order chi connectivity index (χ0) is 47.4. The van der Waals surface area contributed by atoms with E-state index in [-0.39, 0.29) is 59.6 Å². The number of sulfonamides is 1. The molecule has 4 fully saturated rings. The first-order chi connectivity index (χ1) is 32.2. The van der Waals surface area contributed by atoms with Gasteiger partial charge >= 0.3 is 0 Å². The van der Waals surface area contributed by atoms with Crippen molar-refractivity contribution < 1.29 is 26.4 Å². The lowest BCUT2D eigenvalue weighted by Gasteiger charge is -2.42. The quantitative estimate of drug-likeness (QED) is 0.0996. The number of anilines is 1. The van der Waals surface area contributed by atoms with Gasteiger partial charge in [0.15, 0.2) is 17.2 Å². The van der Waals surface area contributed by atoms with Gasteiger partial charge in [-0.05, 0) is 125 Å². The highest BCUT2D eigenvalue weighted by molar-refractivity contribution is 7.94. The van der Waals surface area contributed by atoms with Crippen molar-refractivity contribution in [3.8, 4) is 17.1 Å². The predicted octanol–water partition coefficient (Wildman–Crippen LogP) is 10.7. The maximum absolute atomic E-state index is 15.1. The van der Waals surface area contributed by atoms with E-state index >= 15 is 4.79 Å². The molecule has 0 spiro atoms. The van der Waals surface area contributed by atoms with Gasteiger partial charge in [0.25, 0.3) is 23.1 Å². The van der Waals surface area contributed by atoms with Crippen molar-refractivity contribution in [2.45, 2.75) is 212 Å². The summed E-state index contributed by atoms with van der Waals surface area (Å²) in [4.78, 5) is 34.2. The first kappa shape index (κ1) is 49.2. The number of nitrogens with zero attached hydrogens (tertiary/aromatic N) is 5. The molecule has 14 nitrogen and oxygen atoms in total. The van der Waals surface area contributed by atoms with Gasteiger partial charge in [0.2, 0.25) is 10.0 Å². The van der Waals surface area contributed by atoms with Crippen LogP contribution in [0.5, 0.6) is 5.75 Å². The minimum atomic E-state index is -4.25. The van der Waals surface area contributed by atoms with Crippen LogP contribution in [-0.2, 0) is 21.3 Å². The molecule has 4 aliphatic rings. The Morgan fingerprint density at radius 2 is 1.28 bits per heavy atom. The molecule has 2 aromatic carbocycles. The van der Waals surface area contributed by atoms with Gasteiger partial charge in [0.1, 0.15) is 5.37 Å². The zero-order valence-electron chi connectivity index (χ0n) is 40.7. The maximum atomic E-state index is 15.1. The molecule has 16 heteroatoms. The summed E-state index contributed by atoms with van der Waals surface area (Å²) in [5.41, 5.74) is 5.86. The third kappa shape index (κ3) is 10.8. The van der Waals surface area contributed by atoms with Gasteiger partial charge in [-0.15, -0.1) is 10.2 Å². The standard InChI is InChI=1S/C51H74N8O6S2/c1-7-47(67(63,64)56-44-30-34(4)35(5)48(36(44)6)49-53-52-46-32-43(33(2)3)54-59(46)49)55-66(62)65-45-31-37(50(60)57(38-20-12-8-13-21-38)39-22-14-9-15-23-39)28-29-42(45)51(61)58(40-24-16-10-17-25-40)41-26-18-11-19-27-41/h28-33,38-41,47,54-56H,7-27H2,1-6H3. The Labute approximate surface area is 401 Å². The maximum Gasteiger partial charge on any atom is 0.289 e. The van der Waals surface area contributed by atoms with E-state index in [0.717, 1.165) is 138 Å². The Hall–Kier alpha value is -4.28. The molecule has 2 heterocycles. The normalized spacial score (nSPS) is 19.4. The lowest BCUT2D eigenvalue weighted by Crippen LogP contribution is -2.49. The van der Waals surface area contributed by atoms with Gasteiger partial charge in [0.05, 0.1) is 11.3 Å². The Balaban J connectivity index is 1.10. The van der Waals surface area contributed by atoms with Crippen LogP contribution in [0.4, 0.5) is 5.69 Å². The van der Waals surface area contributed by atoms with Crippen LogP contribution in [0.25, 0.3) is 17.0 Å². The molecular formula is C51H74N8O6S2. The van der Waals surface area contributed by atoms with Crippen molar-refractivity contribution in [3.05, 3.63) is 63.8 Å². The number of fused-ring (bicyclic) bond motifs is 1. The molecule has 0 radical (unpaired) electrons. The summed E-state index contributed by atoms with van der Waals surface area (Å²) in [5.74, 6) is 0.544. The Morgan fingerprint density at radius 1 is 0.761 bits per heavy atom. The molecule has 4 saturated carbocycles. The number of amides is 2. The second-order valence-electron chi connectivity index (χ2n) is 20.2. The zero-order valence-corrected chi connectivity index (χ0v) is 42.3. The van der Waals surface area contributed by atoms with Gasteiger partial charge in [-0.25, -0.2) is 12.9 Å². The predicted molar refractivity (Wildman–Crippen MR) is 266 cm³/mol. The van der Waals surface area contributed by atoms with Crippen LogP contribution >= 0.6 is 0 Å². The number of carbonyl (C=O) groups excluding carboxylic acids is 2. The molecule has 0 saturated heterocycles. The highest BCUT2D eigenvalue weighted by atomic mass is 32.2. The molecule has 2 unspecified atom stereocenters. The molecular weight excluding hydrogens is 885 g/mol. The summed E-state index contributed by atoms with van der Waals surface area (Å²) < 4.78 is 56.7. The van der Waals surface area contributed by atoms with E-state index in [9.17, 15) is 17.4 Å². The molecule has 2 atom stereocenters. The second kappa shape index (κ2) is 21.6. The number of aromatic nitrogens is 4. The van der Waals surface area contributed by atoms with Gasteiger partial charge < -0.3 is 14.0 Å². The van der Waals surface area contributed by atoms with Crippen molar-refractivity contribution in [2.75, 3.05) is 4.72 Å². The molecule has 366 valence electrons. The van der Waals surface area contributed by atoms with E-state index in [1.54, 1.807) is 31.2 Å². The fourth-order valence-corrected chi connectivity index (χ4v) is 14.0. The van der Waals surface area contributed by atoms with Crippen LogP contribution in [-0.4, -0.2) is 83.6 Å². The van der Waals surface area contributed by atoms with Crippen molar-refractivity contribution >= 4 is 44.4 Å². The SMILES string of the molecule is CCC(NS(=O)Oc1cc(C(=O)N(C2CCCCC2)C2CCCCC2)ccc1C(=O)N(C1CCCCC1)C1CCCCC1)S(=O)(=O)Nc1cc(C)c(C)c(-c2nnc3cc(C(C)C)[nH]n23)c1C. The fraction of sp³-hybridized carbons (Fsp3) is 0.647. The highest BCUT2D eigenvalue weighted by Crippen LogP contribution is 2.38. The number of benzene rings is 2. The summed E-state index contributed by atoms with van der Waals surface area (Å²) in [6.07, 6.45) is 20.9. The molecule has 0 bridgehead atoms. The van der Waals surface area contributed by atoms with Gasteiger partial charge in [-0.2, -0.15) is 8.93 Å². The van der Waals surface area contributed by atoms with Crippen LogP contribution in [0.3, 0.4) is 0 Å². The van der Waals surface area contributed by atoms with Crippen LogP contribution in [0.1, 0.15) is 205 Å². The largest absolute Gasteiger partial charge is 0.388 e. The van der Waals surface area contributed by atoms with Gasteiger partial charge in [0, 0.05) is 47.1 Å². The van der Waals surface area contributed by atoms with E-state index in [0.29, 0.717) is 28.3 Å². The third-order valence-electron chi connectivity index (χ3n) is 15.4. The van der Waals surface area contributed by atoms with Crippen molar-refractivity contribution in [3.63, 3.8) is 0 Å². The molecule has 2 amide bonds. The summed E-state index contributed by atoms with van der Waals surface area (Å²) in [5, 5.41) is 10.9. The number of aromatic amines is 1. The topological polar surface area (TPSA) is 171 Å².